The molecular weight excluding hydrogens is 522 g/mol. The molecule has 2 saturated heterocycles. The SMILES string of the molecule is CON=C(C(=O)N[C@H]1CN(C(=O)NS(=O)(=O)NC(=O)N2CCN(C(C)C)C2=O)C1=O)c1csc(N)n1. The Labute approximate surface area is 208 Å². The Morgan fingerprint density at radius 1 is 1.19 bits per heavy atom. The van der Waals surface area contributed by atoms with E-state index >= 15 is 0 Å². The van der Waals surface area contributed by atoms with Gasteiger partial charge in [0.15, 0.2) is 10.8 Å². The van der Waals surface area contributed by atoms with E-state index in [0.29, 0.717) is 9.80 Å². The van der Waals surface area contributed by atoms with Crippen molar-refractivity contribution >= 4 is 62.3 Å². The van der Waals surface area contributed by atoms with Crippen LogP contribution < -0.4 is 20.5 Å². The molecule has 1 atom stereocenters. The number of hydrogen-bond acceptors (Lipinski definition) is 12. The second kappa shape index (κ2) is 10.3. The molecule has 2 aliphatic rings. The Balaban J connectivity index is 1.54. The molecule has 5 N–H and O–H groups in total. The van der Waals surface area contributed by atoms with Crippen molar-refractivity contribution in [3.05, 3.63) is 11.1 Å². The molecule has 2 aliphatic heterocycles. The maximum absolute atomic E-state index is 12.5. The summed E-state index contributed by atoms with van der Waals surface area (Å²) >= 11 is 1.05. The quantitative estimate of drug-likeness (QED) is 0.171. The minimum atomic E-state index is -4.77. The molecule has 0 aliphatic carbocycles. The lowest BCUT2D eigenvalue weighted by molar-refractivity contribution is -0.141. The Morgan fingerprint density at radius 3 is 2.33 bits per heavy atom. The van der Waals surface area contributed by atoms with Crippen molar-refractivity contribution < 1.29 is 37.2 Å². The number of rotatable bonds is 7. The number of anilines is 1. The Kier molecular flexibility index (Phi) is 7.62. The average Bonchev–Trinajstić information content (AvgIpc) is 3.38. The standard InChI is InChI=1S/C17H23N9O8S2/c1-8(2)24-4-5-25(17(24)31)15(29)22-36(32,33)23-16(30)26-6-9(13(26)28)19-12(27)11(21-34-3)10-7-35-14(18)20-10/h7-9H,4-6H2,1-3H3,(H2,18,20)(H,19,27)(H,22,29)(H,23,30)/t9-/m0/s1. The van der Waals surface area contributed by atoms with Crippen molar-refractivity contribution in [1.82, 2.24) is 34.4 Å². The lowest BCUT2D eigenvalue weighted by Gasteiger charge is -2.36. The number of β-lactam (4-membered cyclic amide) rings is 1. The van der Waals surface area contributed by atoms with Crippen molar-refractivity contribution in [1.29, 1.82) is 0 Å². The predicted molar refractivity (Wildman–Crippen MR) is 124 cm³/mol. The number of likely N-dealkylation sites (tertiary alicyclic amines) is 1. The molecule has 0 aromatic carbocycles. The molecule has 196 valence electrons. The Bertz CT molecular complexity index is 1230. The van der Waals surface area contributed by atoms with Crippen LogP contribution in [0.2, 0.25) is 0 Å². The maximum Gasteiger partial charge on any atom is 0.340 e. The number of nitrogens with two attached hydrogens (primary N) is 1. The van der Waals surface area contributed by atoms with Crippen molar-refractivity contribution in [2.45, 2.75) is 25.9 Å². The molecule has 2 fully saturated rings. The number of nitrogens with one attached hydrogen (secondary N) is 3. The van der Waals surface area contributed by atoms with Gasteiger partial charge in [-0.1, -0.05) is 5.16 Å². The predicted octanol–water partition coefficient (Wildman–Crippen LogP) is -1.79. The molecule has 0 radical (unpaired) electrons. The number of hydrogen-bond donors (Lipinski definition) is 4. The molecule has 36 heavy (non-hydrogen) atoms. The van der Waals surface area contributed by atoms with Crippen LogP contribution >= 0.6 is 11.3 Å². The van der Waals surface area contributed by atoms with Crippen molar-refractivity contribution in [2.24, 2.45) is 5.16 Å². The van der Waals surface area contributed by atoms with Crippen LogP contribution in [0.5, 0.6) is 0 Å². The second-order valence-electron chi connectivity index (χ2n) is 7.71. The number of nitrogens with zero attached hydrogens (tertiary/aromatic N) is 5. The molecule has 19 heteroatoms. The van der Waals surface area contributed by atoms with Gasteiger partial charge in [0.25, 0.3) is 11.8 Å². The van der Waals surface area contributed by atoms with Crippen LogP contribution in [0.1, 0.15) is 19.5 Å². The fourth-order valence-corrected chi connectivity index (χ4v) is 4.50. The number of oxime groups is 1. The van der Waals surface area contributed by atoms with E-state index < -0.39 is 46.2 Å². The summed E-state index contributed by atoms with van der Waals surface area (Å²) in [5.74, 6) is -1.76. The number of urea groups is 3. The number of aromatic nitrogens is 1. The molecule has 0 saturated carbocycles. The van der Waals surface area contributed by atoms with Crippen LogP contribution in [0.3, 0.4) is 0 Å². The highest BCUT2D eigenvalue weighted by atomic mass is 32.2. The van der Waals surface area contributed by atoms with Gasteiger partial charge in [0.1, 0.15) is 18.8 Å². The van der Waals surface area contributed by atoms with E-state index in [4.69, 9.17) is 5.73 Å². The molecule has 1 aromatic rings. The zero-order valence-electron chi connectivity index (χ0n) is 19.2. The minimum Gasteiger partial charge on any atom is -0.398 e. The molecule has 17 nitrogen and oxygen atoms in total. The van der Waals surface area contributed by atoms with Gasteiger partial charge < -0.3 is 20.8 Å². The van der Waals surface area contributed by atoms with E-state index in [1.165, 1.54) is 22.1 Å². The molecule has 1 aromatic heterocycles. The van der Waals surface area contributed by atoms with Gasteiger partial charge in [0.2, 0.25) is 0 Å². The number of nitrogen functional groups attached to an aromatic ring is 1. The van der Waals surface area contributed by atoms with E-state index in [0.717, 1.165) is 11.3 Å². The summed E-state index contributed by atoms with van der Waals surface area (Å²) in [5, 5.41) is 7.51. The lowest BCUT2D eigenvalue weighted by atomic mass is 10.1. The largest absolute Gasteiger partial charge is 0.398 e. The fraction of sp³-hybridized carbons (Fsp3) is 0.471. The molecule has 3 rings (SSSR count). The van der Waals surface area contributed by atoms with Gasteiger partial charge in [-0.25, -0.2) is 33.7 Å². The smallest absolute Gasteiger partial charge is 0.340 e. The number of amides is 8. The first-order valence-corrected chi connectivity index (χ1v) is 12.6. The Morgan fingerprint density at radius 2 is 1.83 bits per heavy atom. The van der Waals surface area contributed by atoms with Gasteiger partial charge >= 0.3 is 28.3 Å². The van der Waals surface area contributed by atoms with Crippen molar-refractivity contribution in [2.75, 3.05) is 32.5 Å². The van der Waals surface area contributed by atoms with Crippen molar-refractivity contribution in [3.63, 3.8) is 0 Å². The number of carbonyl (C=O) groups is 5. The van der Waals surface area contributed by atoms with Crippen LogP contribution in [-0.2, 0) is 24.6 Å². The zero-order chi connectivity index (χ0) is 26.8. The lowest BCUT2D eigenvalue weighted by Crippen LogP contribution is -2.68. The third-order valence-corrected chi connectivity index (χ3v) is 6.56. The zero-order valence-corrected chi connectivity index (χ0v) is 20.9. The molecule has 8 amide bonds. The molecule has 3 heterocycles. The van der Waals surface area contributed by atoms with Gasteiger partial charge in [0.05, 0.1) is 6.54 Å². The highest BCUT2D eigenvalue weighted by molar-refractivity contribution is 7.88. The third-order valence-electron chi connectivity index (χ3n) is 4.99. The minimum absolute atomic E-state index is 0.0415. The highest BCUT2D eigenvalue weighted by Crippen LogP contribution is 2.15. The van der Waals surface area contributed by atoms with Gasteiger partial charge in [-0.05, 0) is 13.8 Å². The molecule has 0 spiro atoms. The van der Waals surface area contributed by atoms with Crippen LogP contribution in [0.4, 0.5) is 19.5 Å². The summed E-state index contributed by atoms with van der Waals surface area (Å²) in [7, 11) is -3.57. The number of imide groups is 2. The number of thiazole rings is 1. The first-order valence-electron chi connectivity index (χ1n) is 10.3. The average molecular weight is 546 g/mol. The topological polar surface area (TPSA) is 226 Å². The summed E-state index contributed by atoms with van der Waals surface area (Å²) in [6, 6.07) is -4.66. The van der Waals surface area contributed by atoms with Gasteiger partial charge in [-0.3, -0.25) is 14.5 Å². The van der Waals surface area contributed by atoms with E-state index in [1.807, 2.05) is 0 Å². The van der Waals surface area contributed by atoms with E-state index in [-0.39, 0.29) is 42.2 Å². The van der Waals surface area contributed by atoms with Crippen LogP contribution in [0.25, 0.3) is 0 Å². The first-order chi connectivity index (χ1) is 16.8. The van der Waals surface area contributed by atoms with Crippen LogP contribution in [0.15, 0.2) is 10.5 Å². The van der Waals surface area contributed by atoms with Crippen LogP contribution in [-0.4, -0.2) is 103 Å². The Hall–Kier alpha value is -4.00. The summed E-state index contributed by atoms with van der Waals surface area (Å²) in [6.45, 7) is 3.28. The van der Waals surface area contributed by atoms with E-state index in [2.05, 4.69) is 20.3 Å². The molecule has 0 unspecified atom stereocenters. The fourth-order valence-electron chi connectivity index (χ4n) is 3.22. The third kappa shape index (κ3) is 5.62. The van der Waals surface area contributed by atoms with Gasteiger partial charge in [0, 0.05) is 24.5 Å². The summed E-state index contributed by atoms with van der Waals surface area (Å²) in [4.78, 5) is 72.6. The molecular formula is C17H23N9O8S2. The van der Waals surface area contributed by atoms with Gasteiger partial charge in [-0.15, -0.1) is 11.3 Å². The van der Waals surface area contributed by atoms with Crippen molar-refractivity contribution in [3.8, 4) is 0 Å². The highest BCUT2D eigenvalue weighted by Gasteiger charge is 2.44. The molecule has 0 bridgehead atoms. The summed E-state index contributed by atoms with van der Waals surface area (Å²) in [5.41, 5.74) is 5.38. The van der Waals surface area contributed by atoms with E-state index in [1.54, 1.807) is 18.6 Å². The maximum atomic E-state index is 12.5. The monoisotopic (exact) mass is 545 g/mol. The summed E-state index contributed by atoms with van der Waals surface area (Å²) < 4.78 is 27.5. The normalized spacial score (nSPS) is 18.3. The van der Waals surface area contributed by atoms with Gasteiger partial charge in [-0.2, -0.15) is 8.42 Å². The first kappa shape index (κ1) is 26.6. The second-order valence-corrected chi connectivity index (χ2v) is 10.0. The number of carbonyl (C=O) groups excluding carboxylic acids is 5. The van der Waals surface area contributed by atoms with Crippen LogP contribution in [0, 0.1) is 0 Å². The summed E-state index contributed by atoms with van der Waals surface area (Å²) in [6.07, 6.45) is 0. The van der Waals surface area contributed by atoms with E-state index in [9.17, 15) is 32.4 Å².